The predicted octanol–water partition coefficient (Wildman–Crippen LogP) is 3.53. The smallest absolute Gasteiger partial charge is 0.194 e. The van der Waals surface area contributed by atoms with Crippen molar-refractivity contribution < 1.29 is 9.47 Å². The van der Waals surface area contributed by atoms with Crippen LogP contribution in [-0.4, -0.2) is 75.4 Å². The molecule has 30 heavy (non-hydrogen) atoms. The lowest BCUT2D eigenvalue weighted by Gasteiger charge is -2.29. The highest BCUT2D eigenvalue weighted by Gasteiger charge is 2.42. The van der Waals surface area contributed by atoms with Crippen LogP contribution in [0.4, 0.5) is 0 Å². The van der Waals surface area contributed by atoms with Crippen molar-refractivity contribution in [2.75, 3.05) is 59.6 Å². The number of ether oxygens (including phenoxy) is 2. The lowest BCUT2D eigenvalue weighted by atomic mass is 9.87. The molecule has 7 heteroatoms. The van der Waals surface area contributed by atoms with Gasteiger partial charge >= 0.3 is 0 Å². The fraction of sp³-hybridized carbons (Fsp3) is 0.696. The van der Waals surface area contributed by atoms with Crippen LogP contribution in [0.1, 0.15) is 44.2 Å². The van der Waals surface area contributed by atoms with Gasteiger partial charge in [0.15, 0.2) is 5.96 Å². The number of guanidine groups is 1. The Morgan fingerprint density at radius 2 is 2.03 bits per heavy atom. The molecule has 1 aromatic carbocycles. The predicted molar refractivity (Wildman–Crippen MR) is 132 cm³/mol. The van der Waals surface area contributed by atoms with E-state index in [1.54, 1.807) is 7.11 Å². The molecule has 0 amide bonds. The summed E-state index contributed by atoms with van der Waals surface area (Å²) in [6.07, 6.45) is 4.92. The fourth-order valence-electron chi connectivity index (χ4n) is 5.09. The lowest BCUT2D eigenvalue weighted by Crippen LogP contribution is -2.42. The fourth-order valence-corrected chi connectivity index (χ4v) is 5.09. The maximum absolute atomic E-state index is 5.71. The molecule has 1 spiro atoms. The summed E-state index contributed by atoms with van der Waals surface area (Å²) in [6.45, 7) is 10.0. The van der Waals surface area contributed by atoms with Crippen molar-refractivity contribution in [2.45, 2.75) is 38.6 Å². The van der Waals surface area contributed by atoms with Crippen molar-refractivity contribution in [1.82, 2.24) is 15.1 Å². The molecule has 3 saturated heterocycles. The monoisotopic (exact) mass is 528 g/mol. The van der Waals surface area contributed by atoms with Gasteiger partial charge in [0.1, 0.15) is 5.75 Å². The Balaban J connectivity index is 0.00000256. The third kappa shape index (κ3) is 5.22. The number of nitrogens with zero attached hydrogens (tertiary/aromatic N) is 3. The number of hydrogen-bond donors (Lipinski definition) is 1. The Morgan fingerprint density at radius 1 is 1.23 bits per heavy atom. The molecule has 168 valence electrons. The van der Waals surface area contributed by atoms with E-state index in [2.05, 4.69) is 40.2 Å². The zero-order valence-electron chi connectivity index (χ0n) is 18.4. The van der Waals surface area contributed by atoms with E-state index >= 15 is 0 Å². The van der Waals surface area contributed by atoms with Crippen LogP contribution in [0.5, 0.6) is 5.75 Å². The summed E-state index contributed by atoms with van der Waals surface area (Å²) in [5, 5.41) is 3.54. The number of halogens is 1. The van der Waals surface area contributed by atoms with Crippen LogP contribution in [0.3, 0.4) is 0 Å². The average Bonchev–Trinajstić information content (AvgIpc) is 3.51. The van der Waals surface area contributed by atoms with Gasteiger partial charge in [-0.25, -0.2) is 0 Å². The zero-order chi connectivity index (χ0) is 20.1. The maximum Gasteiger partial charge on any atom is 0.194 e. The summed E-state index contributed by atoms with van der Waals surface area (Å²) >= 11 is 0. The molecule has 3 aliphatic heterocycles. The molecule has 1 aromatic rings. The maximum atomic E-state index is 5.71. The third-order valence-corrected chi connectivity index (χ3v) is 6.75. The molecule has 0 aliphatic carbocycles. The first-order valence-electron chi connectivity index (χ1n) is 11.2. The van der Waals surface area contributed by atoms with E-state index in [0.29, 0.717) is 5.41 Å². The molecule has 3 heterocycles. The molecule has 0 radical (unpaired) electrons. The van der Waals surface area contributed by atoms with Gasteiger partial charge in [-0.3, -0.25) is 9.89 Å². The van der Waals surface area contributed by atoms with Crippen molar-refractivity contribution in [3.63, 3.8) is 0 Å². The van der Waals surface area contributed by atoms with Crippen molar-refractivity contribution in [2.24, 2.45) is 10.4 Å². The van der Waals surface area contributed by atoms with Crippen LogP contribution in [0, 0.1) is 5.41 Å². The highest BCUT2D eigenvalue weighted by atomic mass is 127. The molecule has 3 fully saturated rings. The molecule has 6 nitrogen and oxygen atoms in total. The highest BCUT2D eigenvalue weighted by molar-refractivity contribution is 14.0. The van der Waals surface area contributed by atoms with E-state index in [4.69, 9.17) is 14.5 Å². The molecule has 0 bridgehead atoms. The molecule has 4 rings (SSSR count). The van der Waals surface area contributed by atoms with Crippen LogP contribution < -0.4 is 10.1 Å². The Hall–Kier alpha value is -1.06. The average molecular weight is 528 g/mol. The molecule has 3 aliphatic rings. The van der Waals surface area contributed by atoms with E-state index in [9.17, 15) is 0 Å². The Bertz CT molecular complexity index is 702. The quantitative estimate of drug-likeness (QED) is 0.348. The minimum absolute atomic E-state index is 0. The second-order valence-corrected chi connectivity index (χ2v) is 8.67. The number of aliphatic imine (C=N–C) groups is 1. The van der Waals surface area contributed by atoms with Gasteiger partial charge in [-0.15, -0.1) is 24.0 Å². The van der Waals surface area contributed by atoms with Crippen molar-refractivity contribution >= 4 is 29.9 Å². The first-order valence-corrected chi connectivity index (χ1v) is 11.2. The van der Waals surface area contributed by atoms with Crippen LogP contribution in [0.25, 0.3) is 0 Å². The largest absolute Gasteiger partial charge is 0.496 e. The number of rotatable bonds is 6. The first-order chi connectivity index (χ1) is 14.2. The van der Waals surface area contributed by atoms with Crippen molar-refractivity contribution in [1.29, 1.82) is 0 Å². The van der Waals surface area contributed by atoms with Crippen LogP contribution in [0.15, 0.2) is 29.3 Å². The topological polar surface area (TPSA) is 49.3 Å². The lowest BCUT2D eigenvalue weighted by molar-refractivity contribution is 0.156. The van der Waals surface area contributed by atoms with Gasteiger partial charge in [0.05, 0.1) is 26.3 Å². The van der Waals surface area contributed by atoms with Gasteiger partial charge in [0, 0.05) is 37.2 Å². The second-order valence-electron chi connectivity index (χ2n) is 8.67. The summed E-state index contributed by atoms with van der Waals surface area (Å²) in [4.78, 5) is 10.2. The van der Waals surface area contributed by atoms with E-state index in [1.165, 1.54) is 31.2 Å². The minimum atomic E-state index is 0. The van der Waals surface area contributed by atoms with Gasteiger partial charge in [0.25, 0.3) is 0 Å². The SMILES string of the molecule is CCNC(=NCC(c1ccccc1OC)N1CCCC1)N1CCC2(CCOC2)C1.I. The number of para-hydroxylation sites is 1. The minimum Gasteiger partial charge on any atom is -0.496 e. The van der Waals surface area contributed by atoms with Gasteiger partial charge in [-0.05, 0) is 51.8 Å². The standard InChI is InChI=1S/C23H36N4O2.HI/c1-3-24-22(27-14-10-23(17-27)11-15-29-18-23)25-16-20(26-12-6-7-13-26)19-8-4-5-9-21(19)28-2;/h4-5,8-9,20H,3,6-7,10-18H2,1-2H3,(H,24,25);1H. The number of likely N-dealkylation sites (tertiary alicyclic amines) is 2. The summed E-state index contributed by atoms with van der Waals surface area (Å²) < 4.78 is 11.4. The first kappa shape index (κ1) is 23.6. The van der Waals surface area contributed by atoms with Crippen LogP contribution in [0.2, 0.25) is 0 Å². The molecule has 1 N–H and O–H groups in total. The zero-order valence-corrected chi connectivity index (χ0v) is 20.8. The van der Waals surface area contributed by atoms with E-state index in [-0.39, 0.29) is 30.0 Å². The van der Waals surface area contributed by atoms with Crippen LogP contribution >= 0.6 is 24.0 Å². The van der Waals surface area contributed by atoms with Crippen molar-refractivity contribution in [3.8, 4) is 5.75 Å². The highest BCUT2D eigenvalue weighted by Crippen LogP contribution is 2.38. The number of hydrogen-bond acceptors (Lipinski definition) is 4. The number of nitrogens with one attached hydrogen (secondary N) is 1. The Labute approximate surface area is 198 Å². The number of methoxy groups -OCH3 is 1. The Kier molecular flexibility index (Phi) is 8.65. The second kappa shape index (κ2) is 11.0. The van der Waals surface area contributed by atoms with E-state index in [0.717, 1.165) is 64.2 Å². The Morgan fingerprint density at radius 3 is 2.73 bits per heavy atom. The van der Waals surface area contributed by atoms with E-state index in [1.807, 2.05) is 6.07 Å². The third-order valence-electron chi connectivity index (χ3n) is 6.75. The molecular formula is C23H37IN4O2. The molecule has 0 aromatic heterocycles. The normalized spacial score (nSPS) is 25.5. The van der Waals surface area contributed by atoms with Gasteiger partial charge < -0.3 is 19.7 Å². The van der Waals surface area contributed by atoms with Crippen LogP contribution in [-0.2, 0) is 4.74 Å². The molecular weight excluding hydrogens is 491 g/mol. The summed E-state index contributed by atoms with van der Waals surface area (Å²) in [5.41, 5.74) is 1.59. The summed E-state index contributed by atoms with van der Waals surface area (Å²) in [6, 6.07) is 8.68. The number of benzene rings is 1. The van der Waals surface area contributed by atoms with Gasteiger partial charge in [-0.1, -0.05) is 18.2 Å². The molecule has 2 unspecified atom stereocenters. The van der Waals surface area contributed by atoms with Gasteiger partial charge in [-0.2, -0.15) is 0 Å². The van der Waals surface area contributed by atoms with Crippen molar-refractivity contribution in [3.05, 3.63) is 29.8 Å². The molecule has 2 atom stereocenters. The van der Waals surface area contributed by atoms with Gasteiger partial charge in [0.2, 0.25) is 0 Å². The summed E-state index contributed by atoms with van der Waals surface area (Å²) in [7, 11) is 1.76. The summed E-state index contributed by atoms with van der Waals surface area (Å²) in [5.74, 6) is 2.02. The molecule has 0 saturated carbocycles. The van der Waals surface area contributed by atoms with E-state index < -0.39 is 0 Å².